The summed E-state index contributed by atoms with van der Waals surface area (Å²) < 4.78 is 8.36. The molecule has 0 bridgehead atoms. The quantitative estimate of drug-likeness (QED) is 0.336. The number of aliphatic hydroxyl groups is 1. The number of hydrogen-bond donors (Lipinski definition) is 2. The third kappa shape index (κ3) is 3.72. The number of fused-ring (bicyclic) bond motifs is 5. The van der Waals surface area contributed by atoms with E-state index in [4.69, 9.17) is 25.3 Å². The fourth-order valence-corrected chi connectivity index (χ4v) is 9.67. The van der Waals surface area contributed by atoms with Gasteiger partial charge in [-0.3, -0.25) is 0 Å². The summed E-state index contributed by atoms with van der Waals surface area (Å²) in [5.74, 6) is 2.12. The first-order valence-corrected chi connectivity index (χ1v) is 16.7. The third-order valence-electron chi connectivity index (χ3n) is 11.1. The molecule has 2 aliphatic carbocycles. The summed E-state index contributed by atoms with van der Waals surface area (Å²) in [5, 5.41) is 31.8. The molecule has 3 N–H and O–H groups in total. The first-order chi connectivity index (χ1) is 21.2. The minimum atomic E-state index is -0.476. The minimum absolute atomic E-state index is 0.120. The Hall–Kier alpha value is -3.53. The first kappa shape index (κ1) is 28.0. The summed E-state index contributed by atoms with van der Waals surface area (Å²) in [6.07, 6.45) is 9.22. The number of likely N-dealkylation sites (tertiary alicyclic amines) is 1. The Labute approximate surface area is 260 Å². The average Bonchev–Trinajstić information content (AvgIpc) is 3.80. The Balaban J connectivity index is 1.30. The molecule has 2 fully saturated rings. The Morgan fingerprint density at radius 2 is 2.00 bits per heavy atom. The maximum Gasteiger partial charge on any atom is 0.186 e. The van der Waals surface area contributed by atoms with Crippen molar-refractivity contribution in [3.63, 3.8) is 0 Å². The van der Waals surface area contributed by atoms with E-state index in [0.717, 1.165) is 85.2 Å². The Bertz CT molecular complexity index is 1830. The highest BCUT2D eigenvalue weighted by atomic mass is 32.1. The number of aryl methyl sites for hydroxylation is 1. The molecular formula is C32H39N9O2S. The van der Waals surface area contributed by atoms with Crippen LogP contribution in [0.25, 0.3) is 22.6 Å². The molecule has 0 amide bonds. The topological polar surface area (TPSA) is 146 Å². The van der Waals surface area contributed by atoms with Crippen molar-refractivity contribution < 1.29 is 9.63 Å². The van der Waals surface area contributed by atoms with E-state index in [-0.39, 0.29) is 6.04 Å². The molecule has 4 atom stereocenters. The van der Waals surface area contributed by atoms with Gasteiger partial charge in [0.15, 0.2) is 22.9 Å². The standard InChI is InChI=1S/C32H39N9O2S/c1-17(21-9-7-13-39(21)4)41-30-20(15-35-41)29(40-16-23(42)31(40,2)3)36-28(37-30)25-18-8-5-11-32(26(18)43-38-25)12-6-10-22-24(32)19(14-33)27(34)44-22/h15,17,21,23,42H,5-13,16,34H2,1-4H3/t17-,21-,23+,32-/m0/s1. The van der Waals surface area contributed by atoms with Crippen molar-refractivity contribution in [1.29, 1.82) is 5.26 Å². The van der Waals surface area contributed by atoms with Gasteiger partial charge in [-0.2, -0.15) is 10.4 Å². The summed E-state index contributed by atoms with van der Waals surface area (Å²) in [6.45, 7) is 7.87. The van der Waals surface area contributed by atoms with Crippen LogP contribution < -0.4 is 10.6 Å². The zero-order valence-corrected chi connectivity index (χ0v) is 26.6. The molecule has 0 radical (unpaired) electrons. The lowest BCUT2D eigenvalue weighted by Crippen LogP contribution is -2.68. The van der Waals surface area contributed by atoms with Gasteiger partial charge in [-0.15, -0.1) is 11.3 Å². The fraction of sp³-hybridized carbons (Fsp3) is 0.594. The van der Waals surface area contributed by atoms with E-state index in [0.29, 0.717) is 34.7 Å². The Morgan fingerprint density at radius 1 is 1.20 bits per heavy atom. The van der Waals surface area contributed by atoms with Crippen LogP contribution in [0.2, 0.25) is 0 Å². The molecule has 1 spiro atoms. The van der Waals surface area contributed by atoms with Crippen LogP contribution in [-0.4, -0.2) is 72.7 Å². The van der Waals surface area contributed by atoms with Crippen molar-refractivity contribution in [2.75, 3.05) is 30.8 Å². The third-order valence-corrected chi connectivity index (χ3v) is 12.2. The van der Waals surface area contributed by atoms with Crippen LogP contribution in [0.3, 0.4) is 0 Å². The van der Waals surface area contributed by atoms with Crippen LogP contribution >= 0.6 is 11.3 Å². The number of aromatic nitrogens is 5. The van der Waals surface area contributed by atoms with Gasteiger partial charge in [0, 0.05) is 23.0 Å². The first-order valence-electron chi connectivity index (χ1n) is 15.9. The maximum absolute atomic E-state index is 10.7. The number of likely N-dealkylation sites (N-methyl/N-ethyl adjacent to an activating group) is 1. The number of hydrogen-bond acceptors (Lipinski definition) is 11. The molecule has 0 unspecified atom stereocenters. The second-order valence-corrected chi connectivity index (χ2v) is 14.9. The van der Waals surface area contributed by atoms with Gasteiger partial charge in [0.2, 0.25) is 0 Å². The molecule has 0 saturated carbocycles. The van der Waals surface area contributed by atoms with Crippen LogP contribution in [-0.2, 0) is 18.3 Å². The SMILES string of the molecule is C[C@@H]([C@@H]1CCCN1C)n1ncc2c(N3C[C@@H](O)C3(C)C)nc(-c3noc4c3CCC[C@@]43CCCc4sc(N)c(C#N)c43)nc21. The van der Waals surface area contributed by atoms with Crippen molar-refractivity contribution in [2.24, 2.45) is 0 Å². The highest BCUT2D eigenvalue weighted by Crippen LogP contribution is 2.55. The van der Waals surface area contributed by atoms with E-state index in [1.165, 1.54) is 11.3 Å². The number of nitrogen functional groups attached to an aromatic ring is 1. The van der Waals surface area contributed by atoms with Gasteiger partial charge in [0.25, 0.3) is 0 Å². The van der Waals surface area contributed by atoms with Crippen LogP contribution in [0.1, 0.15) is 92.7 Å². The molecule has 2 saturated heterocycles. The lowest BCUT2D eigenvalue weighted by Gasteiger charge is -2.53. The number of thiophene rings is 1. The zero-order valence-electron chi connectivity index (χ0n) is 25.8. The van der Waals surface area contributed by atoms with Gasteiger partial charge in [-0.05, 0) is 91.3 Å². The van der Waals surface area contributed by atoms with E-state index in [2.05, 4.69) is 39.7 Å². The molecule has 4 aromatic heterocycles. The summed E-state index contributed by atoms with van der Waals surface area (Å²) in [7, 11) is 2.18. The lowest BCUT2D eigenvalue weighted by atomic mass is 9.63. The lowest BCUT2D eigenvalue weighted by molar-refractivity contribution is 0.0422. The van der Waals surface area contributed by atoms with Gasteiger partial charge >= 0.3 is 0 Å². The van der Waals surface area contributed by atoms with E-state index in [1.807, 2.05) is 20.0 Å². The summed E-state index contributed by atoms with van der Waals surface area (Å²) in [4.78, 5) is 16.1. The molecule has 6 heterocycles. The molecule has 4 aromatic rings. The normalized spacial score (nSPS) is 26.9. The second-order valence-electron chi connectivity index (χ2n) is 13.8. The predicted molar refractivity (Wildman–Crippen MR) is 169 cm³/mol. The molecular weight excluding hydrogens is 574 g/mol. The minimum Gasteiger partial charge on any atom is -0.389 e. The van der Waals surface area contributed by atoms with Gasteiger partial charge in [-0.1, -0.05) is 5.16 Å². The number of nitriles is 1. The zero-order chi connectivity index (χ0) is 30.5. The van der Waals surface area contributed by atoms with E-state index in [9.17, 15) is 10.4 Å². The van der Waals surface area contributed by atoms with Crippen molar-refractivity contribution in [3.8, 4) is 17.6 Å². The Morgan fingerprint density at radius 3 is 2.70 bits per heavy atom. The van der Waals surface area contributed by atoms with Crippen LogP contribution in [0, 0.1) is 11.3 Å². The summed E-state index contributed by atoms with van der Waals surface area (Å²) in [5.41, 5.74) is 9.59. The number of nitrogens with two attached hydrogens (primary N) is 1. The van der Waals surface area contributed by atoms with Gasteiger partial charge < -0.3 is 25.2 Å². The van der Waals surface area contributed by atoms with Crippen molar-refractivity contribution >= 4 is 33.2 Å². The average molecular weight is 614 g/mol. The molecule has 12 heteroatoms. The monoisotopic (exact) mass is 613 g/mol. The van der Waals surface area contributed by atoms with E-state index < -0.39 is 17.1 Å². The van der Waals surface area contributed by atoms with Gasteiger partial charge in [0.05, 0.1) is 40.2 Å². The molecule has 44 heavy (non-hydrogen) atoms. The molecule has 230 valence electrons. The van der Waals surface area contributed by atoms with Crippen molar-refractivity contribution in [3.05, 3.63) is 33.5 Å². The van der Waals surface area contributed by atoms with Crippen molar-refractivity contribution in [2.45, 2.75) is 101 Å². The second kappa shape index (κ2) is 9.73. The smallest absolute Gasteiger partial charge is 0.186 e. The van der Waals surface area contributed by atoms with Crippen molar-refractivity contribution in [1.82, 2.24) is 29.8 Å². The maximum atomic E-state index is 10.7. The highest BCUT2D eigenvalue weighted by Gasteiger charge is 2.50. The summed E-state index contributed by atoms with van der Waals surface area (Å²) >= 11 is 1.55. The number of nitrogens with zero attached hydrogens (tertiary/aromatic N) is 8. The van der Waals surface area contributed by atoms with Gasteiger partial charge in [-0.25, -0.2) is 14.6 Å². The van der Waals surface area contributed by atoms with Crippen LogP contribution in [0.5, 0.6) is 0 Å². The van der Waals surface area contributed by atoms with Crippen LogP contribution in [0.4, 0.5) is 10.8 Å². The summed E-state index contributed by atoms with van der Waals surface area (Å²) in [6, 6.07) is 2.90. The molecule has 8 rings (SSSR count). The van der Waals surface area contributed by atoms with Gasteiger partial charge in [0.1, 0.15) is 16.9 Å². The molecule has 0 aromatic carbocycles. The number of rotatable bonds is 4. The number of anilines is 2. The number of aliphatic hydroxyl groups excluding tert-OH is 1. The highest BCUT2D eigenvalue weighted by molar-refractivity contribution is 7.16. The largest absolute Gasteiger partial charge is 0.389 e. The molecule has 2 aliphatic heterocycles. The number of β-amino-alcohol motifs (C(OH)–C–C–N with tert-alkyl or cyclic N) is 1. The van der Waals surface area contributed by atoms with E-state index >= 15 is 0 Å². The molecule has 4 aliphatic rings. The van der Waals surface area contributed by atoms with Crippen LogP contribution in [0.15, 0.2) is 10.7 Å². The fourth-order valence-electron chi connectivity index (χ4n) is 8.50. The van der Waals surface area contributed by atoms with E-state index in [1.54, 1.807) is 11.3 Å². The predicted octanol–water partition coefficient (Wildman–Crippen LogP) is 4.57. The molecule has 11 nitrogen and oxygen atoms in total. The Kier molecular flexibility index (Phi) is 6.19.